The number of carbonyl (C=O) groups excluding carboxylic acids is 2. The number of benzene rings is 1. The summed E-state index contributed by atoms with van der Waals surface area (Å²) in [5, 5.41) is 3.78. The van der Waals surface area contributed by atoms with Crippen molar-refractivity contribution in [1.29, 1.82) is 0 Å². The summed E-state index contributed by atoms with van der Waals surface area (Å²) in [6.07, 6.45) is 1.06. The number of hydrogen-bond acceptors (Lipinski definition) is 3. The molecular formula is C21H31ClN2O3. The van der Waals surface area contributed by atoms with E-state index in [0.29, 0.717) is 50.0 Å². The molecule has 0 atom stereocenters. The lowest BCUT2D eigenvalue weighted by Crippen LogP contribution is -2.45. The first kappa shape index (κ1) is 21.5. The van der Waals surface area contributed by atoms with Crippen LogP contribution in [0.5, 0.6) is 0 Å². The minimum atomic E-state index is -0.273. The van der Waals surface area contributed by atoms with Crippen LogP contribution in [0.1, 0.15) is 46.1 Å². The standard InChI is InChI=1S/C21H31ClN2O3/c1-15(2)13-27-20(26)24-10-8-16(9-11-24)19(25)23-14-21(3,4)17-6-5-7-18(22)12-17/h5-7,12,15-16H,8-11,13-14H2,1-4H3,(H,23,25). The molecule has 0 aliphatic carbocycles. The highest BCUT2D eigenvalue weighted by molar-refractivity contribution is 6.30. The summed E-state index contributed by atoms with van der Waals surface area (Å²) in [5.41, 5.74) is 0.889. The molecule has 2 amide bonds. The van der Waals surface area contributed by atoms with Crippen LogP contribution in [0, 0.1) is 11.8 Å². The minimum absolute atomic E-state index is 0.0558. The molecule has 1 fully saturated rings. The number of carbonyl (C=O) groups is 2. The van der Waals surface area contributed by atoms with E-state index in [0.717, 1.165) is 5.56 Å². The summed E-state index contributed by atoms with van der Waals surface area (Å²) in [6.45, 7) is 10.3. The van der Waals surface area contributed by atoms with Crippen molar-refractivity contribution in [3.63, 3.8) is 0 Å². The van der Waals surface area contributed by atoms with E-state index in [4.69, 9.17) is 16.3 Å². The van der Waals surface area contributed by atoms with Gasteiger partial charge in [0.1, 0.15) is 0 Å². The highest BCUT2D eigenvalue weighted by Gasteiger charge is 2.29. The van der Waals surface area contributed by atoms with Crippen molar-refractivity contribution in [2.45, 2.75) is 46.0 Å². The molecule has 27 heavy (non-hydrogen) atoms. The van der Waals surface area contributed by atoms with Crippen LogP contribution in [0.25, 0.3) is 0 Å². The van der Waals surface area contributed by atoms with E-state index in [9.17, 15) is 9.59 Å². The van der Waals surface area contributed by atoms with Crippen LogP contribution in [0.15, 0.2) is 24.3 Å². The third-order valence-electron chi connectivity index (χ3n) is 4.97. The van der Waals surface area contributed by atoms with Crippen LogP contribution in [-0.2, 0) is 14.9 Å². The van der Waals surface area contributed by atoms with E-state index >= 15 is 0 Å². The van der Waals surface area contributed by atoms with Gasteiger partial charge in [-0.25, -0.2) is 4.79 Å². The number of ether oxygens (including phenoxy) is 1. The Hall–Kier alpha value is -1.75. The molecule has 150 valence electrons. The summed E-state index contributed by atoms with van der Waals surface area (Å²) < 4.78 is 5.27. The van der Waals surface area contributed by atoms with Gasteiger partial charge >= 0.3 is 6.09 Å². The van der Waals surface area contributed by atoms with Crippen LogP contribution in [0.3, 0.4) is 0 Å². The Morgan fingerprint density at radius 2 is 1.96 bits per heavy atom. The molecule has 1 aromatic rings. The van der Waals surface area contributed by atoms with Crippen molar-refractivity contribution in [2.24, 2.45) is 11.8 Å². The maximum absolute atomic E-state index is 12.6. The highest BCUT2D eigenvalue weighted by Crippen LogP contribution is 2.25. The molecule has 1 aromatic carbocycles. The first-order valence-corrected chi connectivity index (χ1v) is 10.0. The van der Waals surface area contributed by atoms with Crippen LogP contribution in [-0.4, -0.2) is 43.1 Å². The number of piperidine rings is 1. The van der Waals surface area contributed by atoms with E-state index in [1.54, 1.807) is 4.90 Å². The molecule has 1 aliphatic heterocycles. The second-order valence-electron chi connectivity index (χ2n) is 8.34. The zero-order valence-corrected chi connectivity index (χ0v) is 17.5. The Bertz CT molecular complexity index is 653. The van der Waals surface area contributed by atoms with Crippen molar-refractivity contribution in [3.05, 3.63) is 34.9 Å². The topological polar surface area (TPSA) is 58.6 Å². The molecule has 1 aliphatic rings. The fourth-order valence-corrected chi connectivity index (χ4v) is 3.31. The number of halogens is 1. The molecule has 1 heterocycles. The molecule has 2 rings (SSSR count). The van der Waals surface area contributed by atoms with E-state index in [-0.39, 0.29) is 23.3 Å². The Morgan fingerprint density at radius 1 is 1.30 bits per heavy atom. The summed E-state index contributed by atoms with van der Waals surface area (Å²) >= 11 is 6.08. The second-order valence-corrected chi connectivity index (χ2v) is 8.78. The first-order valence-electron chi connectivity index (χ1n) is 9.64. The van der Waals surface area contributed by atoms with Crippen LogP contribution >= 0.6 is 11.6 Å². The molecule has 0 spiro atoms. The molecule has 0 saturated carbocycles. The number of nitrogens with zero attached hydrogens (tertiary/aromatic N) is 1. The van der Waals surface area contributed by atoms with Gasteiger partial charge in [0.05, 0.1) is 6.61 Å². The number of amides is 2. The zero-order chi connectivity index (χ0) is 20.0. The molecule has 1 N–H and O–H groups in total. The summed E-state index contributed by atoms with van der Waals surface area (Å²) in [6, 6.07) is 7.74. The Labute approximate surface area is 167 Å². The van der Waals surface area contributed by atoms with Gasteiger partial charge in [0, 0.05) is 36.0 Å². The lowest BCUT2D eigenvalue weighted by atomic mass is 9.84. The number of likely N-dealkylation sites (tertiary alicyclic amines) is 1. The van der Waals surface area contributed by atoms with Gasteiger partial charge in [-0.05, 0) is 36.5 Å². The van der Waals surface area contributed by atoms with Crippen molar-refractivity contribution in [3.8, 4) is 0 Å². The van der Waals surface area contributed by atoms with Gasteiger partial charge < -0.3 is 15.0 Å². The highest BCUT2D eigenvalue weighted by atomic mass is 35.5. The summed E-state index contributed by atoms with van der Waals surface area (Å²) in [4.78, 5) is 26.3. The average molecular weight is 395 g/mol. The van der Waals surface area contributed by atoms with E-state index in [1.165, 1.54) is 0 Å². The molecule has 1 saturated heterocycles. The van der Waals surface area contributed by atoms with E-state index in [1.807, 2.05) is 38.1 Å². The minimum Gasteiger partial charge on any atom is -0.449 e. The zero-order valence-electron chi connectivity index (χ0n) is 16.8. The van der Waals surface area contributed by atoms with Gasteiger partial charge in [-0.3, -0.25) is 4.79 Å². The van der Waals surface area contributed by atoms with Crippen LogP contribution < -0.4 is 5.32 Å². The third-order valence-corrected chi connectivity index (χ3v) is 5.21. The molecule has 0 unspecified atom stereocenters. The van der Waals surface area contributed by atoms with Crippen molar-refractivity contribution >= 4 is 23.6 Å². The van der Waals surface area contributed by atoms with Gasteiger partial charge in [-0.1, -0.05) is 51.4 Å². The van der Waals surface area contributed by atoms with Gasteiger partial charge in [0.25, 0.3) is 0 Å². The summed E-state index contributed by atoms with van der Waals surface area (Å²) in [7, 11) is 0. The average Bonchev–Trinajstić information content (AvgIpc) is 2.64. The second kappa shape index (κ2) is 9.45. The van der Waals surface area contributed by atoms with E-state index < -0.39 is 0 Å². The van der Waals surface area contributed by atoms with Crippen molar-refractivity contribution in [1.82, 2.24) is 10.2 Å². The quantitative estimate of drug-likeness (QED) is 0.785. The number of nitrogens with one attached hydrogen (secondary N) is 1. The smallest absolute Gasteiger partial charge is 0.409 e. The van der Waals surface area contributed by atoms with Gasteiger partial charge in [-0.2, -0.15) is 0 Å². The molecule has 5 nitrogen and oxygen atoms in total. The molecule has 0 radical (unpaired) electrons. The number of hydrogen-bond donors (Lipinski definition) is 1. The Kier molecular flexibility index (Phi) is 7.54. The lowest BCUT2D eigenvalue weighted by Gasteiger charge is -2.32. The van der Waals surface area contributed by atoms with Gasteiger partial charge in [-0.15, -0.1) is 0 Å². The lowest BCUT2D eigenvalue weighted by molar-refractivity contribution is -0.126. The maximum Gasteiger partial charge on any atom is 0.409 e. The summed E-state index contributed by atoms with van der Waals surface area (Å²) in [5.74, 6) is 0.315. The Morgan fingerprint density at radius 3 is 2.56 bits per heavy atom. The fraction of sp³-hybridized carbons (Fsp3) is 0.619. The first-order chi connectivity index (χ1) is 12.7. The molecule has 0 bridgehead atoms. The normalized spacial score (nSPS) is 15.7. The van der Waals surface area contributed by atoms with Crippen LogP contribution in [0.2, 0.25) is 5.02 Å². The monoisotopic (exact) mass is 394 g/mol. The molecule has 6 heteroatoms. The van der Waals surface area contributed by atoms with Crippen LogP contribution in [0.4, 0.5) is 4.79 Å². The largest absolute Gasteiger partial charge is 0.449 e. The van der Waals surface area contributed by atoms with Gasteiger partial charge in [0.2, 0.25) is 5.91 Å². The number of rotatable bonds is 6. The van der Waals surface area contributed by atoms with E-state index in [2.05, 4.69) is 19.2 Å². The van der Waals surface area contributed by atoms with Crippen molar-refractivity contribution in [2.75, 3.05) is 26.2 Å². The SMILES string of the molecule is CC(C)COC(=O)N1CCC(C(=O)NCC(C)(C)c2cccc(Cl)c2)CC1. The fourth-order valence-electron chi connectivity index (χ4n) is 3.12. The maximum atomic E-state index is 12.6. The predicted octanol–water partition coefficient (Wildman–Crippen LogP) is 4.24. The predicted molar refractivity (Wildman–Crippen MR) is 108 cm³/mol. The third kappa shape index (κ3) is 6.42. The Balaban J connectivity index is 1.80. The van der Waals surface area contributed by atoms with Crippen molar-refractivity contribution < 1.29 is 14.3 Å². The molecular weight excluding hydrogens is 364 g/mol. The van der Waals surface area contributed by atoms with Gasteiger partial charge in [0.15, 0.2) is 0 Å². The molecule has 0 aromatic heterocycles.